The first-order valence-corrected chi connectivity index (χ1v) is 13.9. The molecule has 0 radical (unpaired) electrons. The molecule has 15 heteroatoms. The van der Waals surface area contributed by atoms with Crippen molar-refractivity contribution in [2.24, 2.45) is 5.92 Å². The Bertz CT molecular complexity index is 1470. The molecule has 13 nitrogen and oxygen atoms in total. The first-order valence-electron chi connectivity index (χ1n) is 13.9. The molecule has 2 aliphatic rings. The van der Waals surface area contributed by atoms with E-state index in [4.69, 9.17) is 4.74 Å². The quantitative estimate of drug-likeness (QED) is 0.436. The van der Waals surface area contributed by atoms with Gasteiger partial charge in [0.25, 0.3) is 12.3 Å². The van der Waals surface area contributed by atoms with Gasteiger partial charge in [0.05, 0.1) is 23.8 Å². The highest BCUT2D eigenvalue weighted by molar-refractivity contribution is 6.08. The maximum Gasteiger partial charge on any atom is 0.410 e. The fourth-order valence-electron chi connectivity index (χ4n) is 5.31. The fourth-order valence-corrected chi connectivity index (χ4v) is 5.31. The number of piperazine rings is 1. The number of aliphatic carboxylic acids is 1. The number of hydrogen-bond acceptors (Lipinski definition) is 8. The maximum atomic E-state index is 13.9. The van der Waals surface area contributed by atoms with Gasteiger partial charge in [-0.15, -0.1) is 0 Å². The Hall–Kier alpha value is -4.30. The molecular weight excluding hydrogens is 554 g/mol. The number of amides is 2. The van der Waals surface area contributed by atoms with Crippen LogP contribution < -0.4 is 10.2 Å². The predicted octanol–water partition coefficient (Wildman–Crippen LogP) is 3.99. The fraction of sp³-hybridized carbons (Fsp3) is 0.556. The lowest BCUT2D eigenvalue weighted by molar-refractivity contribution is -0.143. The number of carbonyl (C=O) groups is 3. The van der Waals surface area contributed by atoms with Gasteiger partial charge >= 0.3 is 12.1 Å². The van der Waals surface area contributed by atoms with E-state index in [1.165, 1.54) is 21.6 Å². The van der Waals surface area contributed by atoms with Gasteiger partial charge in [-0.2, -0.15) is 10.2 Å². The molecule has 0 aromatic carbocycles. The van der Waals surface area contributed by atoms with Crippen molar-refractivity contribution in [2.75, 3.05) is 36.4 Å². The van der Waals surface area contributed by atoms with Crippen molar-refractivity contribution < 1.29 is 33.0 Å². The van der Waals surface area contributed by atoms with Crippen molar-refractivity contribution in [3.63, 3.8) is 0 Å². The summed E-state index contributed by atoms with van der Waals surface area (Å²) in [6, 6.07) is 1.39. The standard InChI is InChI=1S/C27H34F2N8O5/c1-27(2,3)42-26(41)35-11-9-34(10-12-35)20-7-8-36-23(32-20)18(14-30-36)24(38)31-19-15-37(33-21(19)22(28)29)17-6-4-5-16(13-17)25(39)40/h7-8,14-17,22H,4-6,9-13H2,1-3H3,(H,31,38)(H,39,40). The summed E-state index contributed by atoms with van der Waals surface area (Å²) in [7, 11) is 0. The average molecular weight is 589 g/mol. The van der Waals surface area contributed by atoms with Crippen LogP contribution >= 0.6 is 0 Å². The molecule has 0 spiro atoms. The maximum absolute atomic E-state index is 13.9. The summed E-state index contributed by atoms with van der Waals surface area (Å²) in [5.41, 5.74) is -1.01. The van der Waals surface area contributed by atoms with E-state index in [1.54, 1.807) is 17.2 Å². The minimum atomic E-state index is -2.95. The summed E-state index contributed by atoms with van der Waals surface area (Å²) in [4.78, 5) is 45.4. The first kappa shape index (κ1) is 29.2. The molecule has 1 saturated heterocycles. The number of nitrogens with one attached hydrogen (secondary N) is 1. The number of rotatable bonds is 6. The Morgan fingerprint density at radius 2 is 1.88 bits per heavy atom. The van der Waals surface area contributed by atoms with E-state index >= 15 is 0 Å². The van der Waals surface area contributed by atoms with Crippen molar-refractivity contribution in [3.05, 3.63) is 35.9 Å². The van der Waals surface area contributed by atoms with Crippen molar-refractivity contribution in [3.8, 4) is 0 Å². The zero-order valence-electron chi connectivity index (χ0n) is 23.7. The highest BCUT2D eigenvalue weighted by Crippen LogP contribution is 2.35. The number of carboxylic acids is 1. The van der Waals surface area contributed by atoms with Gasteiger partial charge in [-0.05, 0) is 46.1 Å². The monoisotopic (exact) mass is 588 g/mol. The number of alkyl halides is 2. The summed E-state index contributed by atoms with van der Waals surface area (Å²) < 4.78 is 36.0. The lowest BCUT2D eigenvalue weighted by Gasteiger charge is -2.36. The van der Waals surface area contributed by atoms with Crippen LogP contribution in [0.15, 0.2) is 24.7 Å². The van der Waals surface area contributed by atoms with Crippen LogP contribution in [0.4, 0.5) is 25.1 Å². The Labute approximate surface area is 240 Å². The topological polar surface area (TPSA) is 147 Å². The second-order valence-electron chi connectivity index (χ2n) is 11.6. The van der Waals surface area contributed by atoms with E-state index in [-0.39, 0.29) is 35.5 Å². The van der Waals surface area contributed by atoms with Crippen LogP contribution in [0.1, 0.15) is 75.0 Å². The minimum Gasteiger partial charge on any atom is -0.481 e. The van der Waals surface area contributed by atoms with E-state index in [0.29, 0.717) is 51.3 Å². The normalized spacial score (nSPS) is 19.8. The summed E-state index contributed by atoms with van der Waals surface area (Å²) in [5.74, 6) is -1.59. The van der Waals surface area contributed by atoms with Crippen molar-refractivity contribution in [2.45, 2.75) is 64.5 Å². The molecule has 3 aromatic heterocycles. The summed E-state index contributed by atoms with van der Waals surface area (Å²) >= 11 is 0. The van der Waals surface area contributed by atoms with Gasteiger partial charge in [0.2, 0.25) is 0 Å². The summed E-state index contributed by atoms with van der Waals surface area (Å²) in [6.07, 6.45) is 3.02. The van der Waals surface area contributed by atoms with Crippen molar-refractivity contribution >= 4 is 35.1 Å². The molecule has 1 aliphatic heterocycles. The molecule has 3 aromatic rings. The summed E-state index contributed by atoms with van der Waals surface area (Å²) in [6.45, 7) is 7.30. The molecule has 5 rings (SSSR count). The lowest BCUT2D eigenvalue weighted by Crippen LogP contribution is -2.50. The molecule has 2 N–H and O–H groups in total. The largest absolute Gasteiger partial charge is 0.481 e. The zero-order chi connectivity index (χ0) is 30.2. The van der Waals surface area contributed by atoms with Crippen LogP contribution in [0.5, 0.6) is 0 Å². The molecule has 1 saturated carbocycles. The predicted molar refractivity (Wildman–Crippen MR) is 147 cm³/mol. The Kier molecular flexibility index (Phi) is 8.01. The lowest BCUT2D eigenvalue weighted by atomic mass is 9.86. The summed E-state index contributed by atoms with van der Waals surface area (Å²) in [5, 5.41) is 20.1. The third kappa shape index (κ3) is 6.29. The zero-order valence-corrected chi connectivity index (χ0v) is 23.7. The van der Waals surface area contributed by atoms with Gasteiger partial charge in [0.15, 0.2) is 11.3 Å². The molecule has 2 amide bonds. The van der Waals surface area contributed by atoms with Gasteiger partial charge in [-0.25, -0.2) is 23.1 Å². The molecule has 4 heterocycles. The second-order valence-corrected chi connectivity index (χ2v) is 11.6. The number of carbonyl (C=O) groups excluding carboxylic acids is 2. The Morgan fingerprint density at radius 1 is 1.14 bits per heavy atom. The first-order chi connectivity index (χ1) is 19.9. The van der Waals surface area contributed by atoms with Crippen LogP contribution in [-0.4, -0.2) is 84.1 Å². The van der Waals surface area contributed by atoms with Crippen LogP contribution in [0, 0.1) is 5.92 Å². The molecule has 226 valence electrons. The molecular formula is C27H34F2N8O5. The number of halogens is 2. The minimum absolute atomic E-state index is 0.0841. The Morgan fingerprint density at radius 3 is 2.55 bits per heavy atom. The van der Waals surface area contributed by atoms with Crippen molar-refractivity contribution in [1.29, 1.82) is 0 Å². The SMILES string of the molecule is CC(C)(C)OC(=O)N1CCN(c2ccn3ncc(C(=O)Nc4cn(C5CCCC(C(=O)O)C5)nc4C(F)F)c3n2)CC1. The third-order valence-corrected chi connectivity index (χ3v) is 7.44. The number of carboxylic acid groups (broad SMARTS) is 1. The van der Waals surface area contributed by atoms with Gasteiger partial charge in [-0.1, -0.05) is 6.42 Å². The molecule has 0 bridgehead atoms. The van der Waals surface area contributed by atoms with E-state index < -0.39 is 35.5 Å². The molecule has 2 unspecified atom stereocenters. The van der Waals surface area contributed by atoms with Crippen molar-refractivity contribution in [1.82, 2.24) is 29.3 Å². The number of anilines is 2. The molecule has 1 aliphatic carbocycles. The third-order valence-electron chi connectivity index (χ3n) is 7.44. The second kappa shape index (κ2) is 11.5. The molecule has 42 heavy (non-hydrogen) atoms. The van der Waals surface area contributed by atoms with Crippen LogP contribution in [0.2, 0.25) is 0 Å². The van der Waals surface area contributed by atoms with Gasteiger partial charge in [0, 0.05) is 38.6 Å². The van der Waals surface area contributed by atoms with Gasteiger partial charge < -0.3 is 25.0 Å². The van der Waals surface area contributed by atoms with Gasteiger partial charge in [-0.3, -0.25) is 14.3 Å². The smallest absolute Gasteiger partial charge is 0.410 e. The van der Waals surface area contributed by atoms with E-state index in [0.717, 1.165) is 0 Å². The molecule has 2 fully saturated rings. The molecule has 2 atom stereocenters. The number of ether oxygens (including phenoxy) is 1. The number of fused-ring (bicyclic) bond motifs is 1. The highest BCUT2D eigenvalue weighted by Gasteiger charge is 2.31. The number of aromatic nitrogens is 5. The van der Waals surface area contributed by atoms with Crippen LogP contribution in [0.25, 0.3) is 5.65 Å². The van der Waals surface area contributed by atoms with E-state index in [9.17, 15) is 28.3 Å². The number of hydrogen-bond donors (Lipinski definition) is 2. The van der Waals surface area contributed by atoms with Gasteiger partial charge in [0.1, 0.15) is 17.0 Å². The highest BCUT2D eigenvalue weighted by atomic mass is 19.3. The van der Waals surface area contributed by atoms with Crippen LogP contribution in [-0.2, 0) is 9.53 Å². The average Bonchev–Trinajstić information content (AvgIpc) is 3.56. The van der Waals surface area contributed by atoms with Crippen LogP contribution in [0.3, 0.4) is 0 Å². The Balaban J connectivity index is 1.31. The van der Waals surface area contributed by atoms with E-state index in [1.807, 2.05) is 25.7 Å². The van der Waals surface area contributed by atoms with E-state index in [2.05, 4.69) is 20.5 Å². The number of nitrogens with zero attached hydrogens (tertiary/aromatic N) is 7.